The van der Waals surface area contributed by atoms with E-state index in [9.17, 15) is 21.6 Å². The Hall–Kier alpha value is -1.06. The molecule has 9 heteroatoms. The Kier molecular flexibility index (Phi) is 4.36. The molecule has 0 unspecified atom stereocenters. The molecule has 1 fully saturated rings. The molecule has 120 valence electrons. The molecule has 0 amide bonds. The molecular formula is C12H17F3N2O3S. The Labute approximate surface area is 121 Å². The monoisotopic (exact) mass is 326 g/mol. The number of nitrogens with zero attached hydrogens (tertiary/aromatic N) is 2. The van der Waals surface area contributed by atoms with Gasteiger partial charge >= 0.3 is 6.18 Å². The van der Waals surface area contributed by atoms with Crippen LogP contribution in [0.2, 0.25) is 0 Å². The van der Waals surface area contributed by atoms with Crippen LogP contribution in [0.25, 0.3) is 0 Å². The van der Waals surface area contributed by atoms with Gasteiger partial charge < -0.3 is 4.42 Å². The molecule has 1 saturated heterocycles. The summed E-state index contributed by atoms with van der Waals surface area (Å²) in [5.74, 6) is 0. The summed E-state index contributed by atoms with van der Waals surface area (Å²) in [6.07, 6.45) is -1.93. The van der Waals surface area contributed by atoms with Crippen LogP contribution in [0.1, 0.15) is 13.8 Å². The van der Waals surface area contributed by atoms with Crippen LogP contribution in [0.5, 0.6) is 0 Å². The first kappa shape index (κ1) is 16.3. The van der Waals surface area contributed by atoms with Gasteiger partial charge in [0.1, 0.15) is 11.2 Å². The van der Waals surface area contributed by atoms with Gasteiger partial charge in [-0.15, -0.1) is 0 Å². The molecule has 0 radical (unpaired) electrons. The van der Waals surface area contributed by atoms with Gasteiger partial charge in [0.2, 0.25) is 10.0 Å². The van der Waals surface area contributed by atoms with E-state index in [2.05, 4.69) is 0 Å². The summed E-state index contributed by atoms with van der Waals surface area (Å²) in [5, 5.41) is 0. The minimum absolute atomic E-state index is 0.0196. The van der Waals surface area contributed by atoms with Crippen molar-refractivity contribution >= 4 is 10.0 Å². The molecule has 2 atom stereocenters. The predicted octanol–water partition coefficient (Wildman–Crippen LogP) is 1.93. The van der Waals surface area contributed by atoms with Crippen LogP contribution >= 0.6 is 0 Å². The standard InChI is InChI=1S/C12H17F3N2O3S/c1-9-5-16(21(18,19)11-3-4-20-7-11)6-10(2)17(9)8-12(13,14)15/h3-4,7,9-10H,5-6,8H2,1-2H3/t9-,10+. The lowest BCUT2D eigenvalue weighted by Gasteiger charge is -2.43. The normalized spacial score (nSPS) is 26.1. The minimum atomic E-state index is -4.30. The zero-order chi connectivity index (χ0) is 15.8. The lowest BCUT2D eigenvalue weighted by Crippen LogP contribution is -2.59. The van der Waals surface area contributed by atoms with E-state index in [1.54, 1.807) is 13.8 Å². The molecule has 1 aliphatic rings. The van der Waals surface area contributed by atoms with Gasteiger partial charge in [0.15, 0.2) is 0 Å². The van der Waals surface area contributed by atoms with Crippen LogP contribution in [-0.4, -0.2) is 55.5 Å². The molecule has 0 aromatic carbocycles. The molecule has 5 nitrogen and oxygen atoms in total. The number of piperazine rings is 1. The SMILES string of the molecule is C[C@@H]1CN(S(=O)(=O)c2ccoc2)C[C@H](C)N1CC(F)(F)F. The Morgan fingerprint density at radius 3 is 2.29 bits per heavy atom. The molecule has 0 aliphatic carbocycles. The second-order valence-corrected chi connectivity index (χ2v) is 7.20. The number of alkyl halides is 3. The molecule has 2 heterocycles. The van der Waals surface area contributed by atoms with Crippen LogP contribution in [0, 0.1) is 0 Å². The minimum Gasteiger partial charge on any atom is -0.471 e. The van der Waals surface area contributed by atoms with Gasteiger partial charge in [0.25, 0.3) is 0 Å². The summed E-state index contributed by atoms with van der Waals surface area (Å²) in [6, 6.07) is 0.293. The van der Waals surface area contributed by atoms with E-state index >= 15 is 0 Å². The molecule has 0 saturated carbocycles. The van der Waals surface area contributed by atoms with Crippen molar-refractivity contribution in [3.63, 3.8) is 0 Å². The number of hydrogen-bond donors (Lipinski definition) is 0. The second kappa shape index (κ2) is 5.62. The van der Waals surface area contributed by atoms with E-state index in [1.807, 2.05) is 0 Å². The average molecular weight is 326 g/mol. The van der Waals surface area contributed by atoms with Crippen molar-refractivity contribution in [2.75, 3.05) is 19.6 Å². The summed E-state index contributed by atoms with van der Waals surface area (Å²) in [5.41, 5.74) is 0. The van der Waals surface area contributed by atoms with E-state index < -0.39 is 34.8 Å². The van der Waals surface area contributed by atoms with E-state index in [-0.39, 0.29) is 18.0 Å². The van der Waals surface area contributed by atoms with Gasteiger partial charge in [-0.1, -0.05) is 0 Å². The highest BCUT2D eigenvalue weighted by Crippen LogP contribution is 2.26. The Morgan fingerprint density at radius 1 is 1.29 bits per heavy atom. The van der Waals surface area contributed by atoms with Crippen molar-refractivity contribution in [3.05, 3.63) is 18.6 Å². The highest BCUT2D eigenvalue weighted by Gasteiger charge is 2.41. The van der Waals surface area contributed by atoms with Gasteiger partial charge in [0, 0.05) is 25.2 Å². The highest BCUT2D eigenvalue weighted by atomic mass is 32.2. The van der Waals surface area contributed by atoms with Gasteiger partial charge in [-0.3, -0.25) is 4.90 Å². The molecular weight excluding hydrogens is 309 g/mol. The Bertz CT molecular complexity index is 559. The molecule has 1 aromatic rings. The molecule has 0 N–H and O–H groups in total. The molecule has 0 bridgehead atoms. The lowest BCUT2D eigenvalue weighted by atomic mass is 10.1. The molecule has 1 aliphatic heterocycles. The Balaban J connectivity index is 2.15. The summed E-state index contributed by atoms with van der Waals surface area (Å²) < 4.78 is 68.4. The zero-order valence-corrected chi connectivity index (χ0v) is 12.5. The quantitative estimate of drug-likeness (QED) is 0.852. The molecule has 21 heavy (non-hydrogen) atoms. The number of rotatable bonds is 3. The van der Waals surface area contributed by atoms with Crippen molar-refractivity contribution < 1.29 is 26.0 Å². The number of sulfonamides is 1. The molecule has 2 rings (SSSR count). The maximum Gasteiger partial charge on any atom is 0.401 e. The summed E-state index contributed by atoms with van der Waals surface area (Å²) >= 11 is 0. The van der Waals surface area contributed by atoms with Gasteiger partial charge in [0.05, 0.1) is 12.8 Å². The topological polar surface area (TPSA) is 53.8 Å². The van der Waals surface area contributed by atoms with Gasteiger partial charge in [-0.05, 0) is 19.9 Å². The maximum absolute atomic E-state index is 12.6. The summed E-state index contributed by atoms with van der Waals surface area (Å²) in [4.78, 5) is 1.30. The van der Waals surface area contributed by atoms with Crippen LogP contribution < -0.4 is 0 Å². The zero-order valence-electron chi connectivity index (χ0n) is 11.7. The maximum atomic E-state index is 12.6. The van der Waals surface area contributed by atoms with Crippen LogP contribution in [0.4, 0.5) is 13.2 Å². The van der Waals surface area contributed by atoms with Crippen molar-refractivity contribution in [2.45, 2.75) is 37.0 Å². The number of furan rings is 1. The van der Waals surface area contributed by atoms with E-state index in [0.29, 0.717) is 0 Å². The van der Waals surface area contributed by atoms with Crippen molar-refractivity contribution in [1.29, 1.82) is 0 Å². The third-order valence-corrected chi connectivity index (χ3v) is 5.37. The van der Waals surface area contributed by atoms with Crippen LogP contribution in [0.3, 0.4) is 0 Å². The molecule has 0 spiro atoms. The predicted molar refractivity (Wildman–Crippen MR) is 69.2 cm³/mol. The van der Waals surface area contributed by atoms with Crippen molar-refractivity contribution in [1.82, 2.24) is 9.21 Å². The van der Waals surface area contributed by atoms with E-state index in [1.165, 1.54) is 21.5 Å². The largest absolute Gasteiger partial charge is 0.471 e. The smallest absolute Gasteiger partial charge is 0.401 e. The van der Waals surface area contributed by atoms with Gasteiger partial charge in [-0.25, -0.2) is 8.42 Å². The van der Waals surface area contributed by atoms with Crippen molar-refractivity contribution in [2.24, 2.45) is 0 Å². The first-order valence-corrected chi connectivity index (χ1v) is 7.90. The second-order valence-electron chi connectivity index (χ2n) is 5.27. The van der Waals surface area contributed by atoms with Crippen LogP contribution in [0.15, 0.2) is 27.9 Å². The fraction of sp³-hybridized carbons (Fsp3) is 0.667. The summed E-state index contributed by atoms with van der Waals surface area (Å²) in [7, 11) is -3.72. The highest BCUT2D eigenvalue weighted by molar-refractivity contribution is 7.89. The first-order valence-electron chi connectivity index (χ1n) is 6.46. The van der Waals surface area contributed by atoms with E-state index in [0.717, 1.165) is 6.26 Å². The fourth-order valence-corrected chi connectivity index (χ4v) is 4.10. The van der Waals surface area contributed by atoms with Crippen molar-refractivity contribution in [3.8, 4) is 0 Å². The Morgan fingerprint density at radius 2 is 1.86 bits per heavy atom. The molecule has 1 aromatic heterocycles. The van der Waals surface area contributed by atoms with Crippen LogP contribution in [-0.2, 0) is 10.0 Å². The van der Waals surface area contributed by atoms with E-state index in [4.69, 9.17) is 4.42 Å². The fourth-order valence-electron chi connectivity index (χ4n) is 2.57. The summed E-state index contributed by atoms with van der Waals surface area (Å²) in [6.45, 7) is 2.20. The first-order chi connectivity index (χ1) is 9.61. The number of hydrogen-bond acceptors (Lipinski definition) is 4. The van der Waals surface area contributed by atoms with Gasteiger partial charge in [-0.2, -0.15) is 17.5 Å². The average Bonchev–Trinajstić information content (AvgIpc) is 2.86. The third-order valence-electron chi connectivity index (χ3n) is 3.56. The number of halogens is 3. The lowest BCUT2D eigenvalue weighted by molar-refractivity contribution is -0.159. The third kappa shape index (κ3) is 3.58.